The molecule has 4 aromatic rings. The Labute approximate surface area is 216 Å². The van der Waals surface area contributed by atoms with Crippen LogP contribution in [0.2, 0.25) is 0 Å². The van der Waals surface area contributed by atoms with Crippen LogP contribution in [0.4, 0.5) is 5.69 Å². The van der Waals surface area contributed by atoms with Crippen molar-refractivity contribution in [2.45, 2.75) is 59.8 Å². The van der Waals surface area contributed by atoms with Gasteiger partial charge < -0.3 is 4.42 Å². The number of carbonyl (C=O) groups excluding carboxylic acids is 2. The van der Waals surface area contributed by atoms with E-state index in [0.717, 1.165) is 16.7 Å². The van der Waals surface area contributed by atoms with E-state index in [9.17, 15) is 19.7 Å². The molecule has 2 heterocycles. The Balaban J connectivity index is 1.93. The minimum Gasteiger partial charge on any atom is -0.460 e. The molecular formula is C30H32N2O5. The molecule has 192 valence electrons. The van der Waals surface area contributed by atoms with E-state index in [1.165, 1.54) is 24.3 Å². The lowest BCUT2D eigenvalue weighted by atomic mass is 9.87. The largest absolute Gasteiger partial charge is 0.460 e. The summed E-state index contributed by atoms with van der Waals surface area (Å²) in [5, 5.41) is 12.0. The number of hydrogen-bond donors (Lipinski definition) is 0. The summed E-state index contributed by atoms with van der Waals surface area (Å²) < 4.78 is 7.94. The Morgan fingerprint density at radius 2 is 1.57 bits per heavy atom. The zero-order valence-electron chi connectivity index (χ0n) is 22.1. The second-order valence-corrected chi connectivity index (χ2v) is 11.4. The first-order chi connectivity index (χ1) is 17.3. The molecule has 0 N–H and O–H groups in total. The number of carbonyl (C=O) groups is 2. The molecular weight excluding hydrogens is 468 g/mol. The van der Waals surface area contributed by atoms with Gasteiger partial charge in [-0.25, -0.2) is 0 Å². The van der Waals surface area contributed by atoms with E-state index in [-0.39, 0.29) is 29.2 Å². The highest BCUT2D eigenvalue weighted by Gasteiger charge is 2.28. The van der Waals surface area contributed by atoms with E-state index >= 15 is 0 Å². The van der Waals surface area contributed by atoms with E-state index in [0.29, 0.717) is 29.0 Å². The Morgan fingerprint density at radius 1 is 0.919 bits per heavy atom. The number of nitro groups is 1. The average Bonchev–Trinajstić information content (AvgIpc) is 3.44. The molecule has 0 fully saturated rings. The predicted molar refractivity (Wildman–Crippen MR) is 144 cm³/mol. The lowest BCUT2D eigenvalue weighted by Crippen LogP contribution is -2.22. The van der Waals surface area contributed by atoms with Crippen LogP contribution < -0.4 is 0 Å². The van der Waals surface area contributed by atoms with Crippen molar-refractivity contribution in [3.05, 3.63) is 87.8 Å². The maximum Gasteiger partial charge on any atom is 0.269 e. The molecule has 0 spiro atoms. The van der Waals surface area contributed by atoms with Gasteiger partial charge in [0, 0.05) is 51.6 Å². The van der Waals surface area contributed by atoms with Crippen LogP contribution in [0.15, 0.2) is 65.1 Å². The minimum atomic E-state index is -0.510. The van der Waals surface area contributed by atoms with Crippen LogP contribution in [-0.2, 0) is 16.6 Å². The number of nitro benzene ring substituents is 1. The number of aromatic nitrogens is 1. The summed E-state index contributed by atoms with van der Waals surface area (Å²) in [6, 6.07) is 17.0. The van der Waals surface area contributed by atoms with Gasteiger partial charge in [-0.15, -0.1) is 0 Å². The van der Waals surface area contributed by atoms with Gasteiger partial charge in [0.1, 0.15) is 17.3 Å². The Morgan fingerprint density at radius 3 is 2.14 bits per heavy atom. The zero-order valence-corrected chi connectivity index (χ0v) is 22.1. The molecule has 7 heteroatoms. The summed E-state index contributed by atoms with van der Waals surface area (Å²) in [6.07, 6.45) is 0.595. The minimum absolute atomic E-state index is 0.0871. The zero-order chi connectivity index (χ0) is 27.1. The highest BCUT2D eigenvalue weighted by molar-refractivity contribution is 6.08. The number of fused-ring (bicyclic) bond motifs is 1. The van der Waals surface area contributed by atoms with Gasteiger partial charge in [0.2, 0.25) is 0 Å². The third kappa shape index (κ3) is 5.12. The summed E-state index contributed by atoms with van der Waals surface area (Å²) in [6.45, 7) is 11.9. The van der Waals surface area contributed by atoms with E-state index in [1.807, 2.05) is 57.2 Å². The van der Waals surface area contributed by atoms with Crippen molar-refractivity contribution < 1.29 is 18.9 Å². The smallest absolute Gasteiger partial charge is 0.269 e. The molecule has 0 radical (unpaired) electrons. The van der Waals surface area contributed by atoms with Crippen LogP contribution in [0.1, 0.15) is 69.8 Å². The lowest BCUT2D eigenvalue weighted by Gasteiger charge is -2.17. The molecule has 4 rings (SSSR count). The van der Waals surface area contributed by atoms with Gasteiger partial charge in [0.15, 0.2) is 0 Å². The maximum atomic E-state index is 13.9. The summed E-state index contributed by atoms with van der Waals surface area (Å²) in [7, 11) is 0. The molecule has 0 aliphatic rings. The molecule has 0 atom stereocenters. The summed E-state index contributed by atoms with van der Waals surface area (Å²) >= 11 is 0. The predicted octanol–water partition coefficient (Wildman–Crippen LogP) is 7.34. The molecule has 2 aromatic carbocycles. The summed E-state index contributed by atoms with van der Waals surface area (Å²) in [5.41, 5.74) is 1.66. The number of non-ortho nitro benzene ring substituents is 1. The van der Waals surface area contributed by atoms with Gasteiger partial charge in [-0.2, -0.15) is 0 Å². The third-order valence-electron chi connectivity index (χ3n) is 6.52. The van der Waals surface area contributed by atoms with Crippen LogP contribution >= 0.6 is 0 Å². The fraction of sp³-hybridized carbons (Fsp3) is 0.333. The van der Waals surface area contributed by atoms with Crippen molar-refractivity contribution in [3.63, 3.8) is 0 Å². The molecule has 0 saturated carbocycles. The van der Waals surface area contributed by atoms with Crippen molar-refractivity contribution in [2.24, 2.45) is 5.41 Å². The molecule has 0 saturated heterocycles. The molecule has 0 aliphatic heterocycles. The number of hydrogen-bond acceptors (Lipinski definition) is 5. The quantitative estimate of drug-likeness (QED) is 0.204. The first-order valence-corrected chi connectivity index (χ1v) is 12.3. The van der Waals surface area contributed by atoms with Crippen molar-refractivity contribution in [3.8, 4) is 11.3 Å². The molecule has 2 aromatic heterocycles. The molecule has 0 aliphatic carbocycles. The van der Waals surface area contributed by atoms with E-state index < -0.39 is 10.3 Å². The van der Waals surface area contributed by atoms with Crippen LogP contribution in [-0.4, -0.2) is 21.2 Å². The first-order valence-electron chi connectivity index (χ1n) is 12.3. The van der Waals surface area contributed by atoms with Crippen LogP contribution in [0.25, 0.3) is 22.2 Å². The fourth-order valence-electron chi connectivity index (χ4n) is 4.37. The topological polar surface area (TPSA) is 95.3 Å². The number of furan rings is 1. The molecule has 7 nitrogen and oxygen atoms in total. The van der Waals surface area contributed by atoms with E-state index in [1.54, 1.807) is 4.57 Å². The number of Topliss-reactive ketones (excluding diaryl/α,β-unsaturated/α-hetero) is 1. The van der Waals surface area contributed by atoms with Gasteiger partial charge >= 0.3 is 0 Å². The third-order valence-corrected chi connectivity index (χ3v) is 6.52. The molecule has 0 bridgehead atoms. The standard InChI is InChI=1S/C30H32N2O5/c1-29(2,3)25(33)17-15-23-27(24-16-18-26(37-24)30(4,5)6)21-9-7-8-10-22(21)31(23)28(34)19-11-13-20(14-12-19)32(35)36/h7-14,16,18H,15,17H2,1-6H3. The number of para-hydroxylation sites is 1. The number of benzene rings is 2. The Kier molecular flexibility index (Phi) is 6.67. The van der Waals surface area contributed by atoms with Gasteiger partial charge in [0.05, 0.1) is 10.4 Å². The summed E-state index contributed by atoms with van der Waals surface area (Å²) in [5.74, 6) is 1.22. The number of rotatable bonds is 6. The van der Waals surface area contributed by atoms with Gasteiger partial charge in [0.25, 0.3) is 11.6 Å². The number of ketones is 1. The fourth-order valence-corrected chi connectivity index (χ4v) is 4.37. The van der Waals surface area contributed by atoms with Gasteiger partial charge in [-0.1, -0.05) is 59.7 Å². The van der Waals surface area contributed by atoms with Gasteiger partial charge in [-0.05, 0) is 36.8 Å². The van der Waals surface area contributed by atoms with Crippen molar-refractivity contribution in [1.82, 2.24) is 4.57 Å². The van der Waals surface area contributed by atoms with Crippen LogP contribution in [0.5, 0.6) is 0 Å². The SMILES string of the molecule is CC(C)(C)C(=O)CCc1c(-c2ccc(C(C)(C)C)o2)c2ccccc2n1C(=O)c1ccc([N+](=O)[O-])cc1. The Hall–Kier alpha value is -4.00. The van der Waals surface area contributed by atoms with Crippen molar-refractivity contribution in [2.75, 3.05) is 0 Å². The first kappa shape index (κ1) is 26.1. The number of nitrogens with zero attached hydrogens (tertiary/aromatic N) is 2. The second-order valence-electron chi connectivity index (χ2n) is 11.4. The normalized spacial score (nSPS) is 12.2. The van der Waals surface area contributed by atoms with E-state index in [2.05, 4.69) is 20.8 Å². The highest BCUT2D eigenvalue weighted by Crippen LogP contribution is 2.39. The maximum absolute atomic E-state index is 13.9. The van der Waals surface area contributed by atoms with Crippen molar-refractivity contribution >= 4 is 28.3 Å². The van der Waals surface area contributed by atoms with Crippen molar-refractivity contribution in [1.29, 1.82) is 0 Å². The van der Waals surface area contributed by atoms with Gasteiger partial charge in [-0.3, -0.25) is 24.3 Å². The van der Waals surface area contributed by atoms with Crippen LogP contribution in [0, 0.1) is 15.5 Å². The van der Waals surface area contributed by atoms with Crippen LogP contribution in [0.3, 0.4) is 0 Å². The molecule has 0 unspecified atom stereocenters. The second kappa shape index (κ2) is 9.47. The Bertz CT molecular complexity index is 1490. The average molecular weight is 501 g/mol. The monoisotopic (exact) mass is 500 g/mol. The molecule has 37 heavy (non-hydrogen) atoms. The highest BCUT2D eigenvalue weighted by atomic mass is 16.6. The molecule has 0 amide bonds. The van der Waals surface area contributed by atoms with E-state index in [4.69, 9.17) is 4.42 Å². The summed E-state index contributed by atoms with van der Waals surface area (Å²) in [4.78, 5) is 37.4. The lowest BCUT2D eigenvalue weighted by molar-refractivity contribution is -0.384.